The van der Waals surface area contributed by atoms with Gasteiger partial charge in [0.15, 0.2) is 6.54 Å². The molecule has 1 aliphatic rings. The fourth-order valence-corrected chi connectivity index (χ4v) is 4.48. The molecule has 0 aliphatic carbocycles. The second kappa shape index (κ2) is 8.08. The van der Waals surface area contributed by atoms with Crippen molar-refractivity contribution >= 4 is 39.6 Å². The maximum absolute atomic E-state index is 12.3. The Hall–Kier alpha value is -2.77. The number of nitrogens with one attached hydrogen (secondary N) is 2. The van der Waals surface area contributed by atoms with Gasteiger partial charge in [-0.15, -0.1) is 11.3 Å². The predicted octanol–water partition coefficient (Wildman–Crippen LogP) is 1.57. The molecule has 7 heteroatoms. The Morgan fingerprint density at radius 3 is 2.68 bits per heavy atom. The van der Waals surface area contributed by atoms with Crippen LogP contribution in [0.1, 0.15) is 5.56 Å². The van der Waals surface area contributed by atoms with Gasteiger partial charge in [-0.2, -0.15) is 0 Å². The molecule has 2 heterocycles. The lowest BCUT2D eigenvalue weighted by molar-refractivity contribution is -0.895. The summed E-state index contributed by atoms with van der Waals surface area (Å²) in [5.41, 5.74) is 4.08. The lowest BCUT2D eigenvalue weighted by Gasteiger charge is -2.29. The highest BCUT2D eigenvalue weighted by atomic mass is 32.1. The summed E-state index contributed by atoms with van der Waals surface area (Å²) in [6, 6.07) is 14.1. The molecule has 1 aliphatic heterocycles. The Bertz CT molecular complexity index is 991. The van der Waals surface area contributed by atoms with E-state index in [1.54, 1.807) is 16.2 Å². The number of amides is 2. The van der Waals surface area contributed by atoms with E-state index in [4.69, 9.17) is 4.98 Å². The molecule has 28 heavy (non-hydrogen) atoms. The number of hydrogen-bond donors (Lipinski definition) is 2. The lowest BCUT2D eigenvalue weighted by atomic mass is 10.2. The molecule has 3 aromatic rings. The molecule has 0 atom stereocenters. The first kappa shape index (κ1) is 18.6. The number of carbonyl (C=O) groups is 2. The van der Waals surface area contributed by atoms with Gasteiger partial charge in [-0.1, -0.05) is 6.07 Å². The van der Waals surface area contributed by atoms with Gasteiger partial charge in [0.2, 0.25) is 6.41 Å². The minimum absolute atomic E-state index is 0.00207. The molecule has 1 fully saturated rings. The third-order valence-electron chi connectivity index (χ3n) is 5.02. The molecule has 1 saturated heterocycles. The van der Waals surface area contributed by atoms with Crippen LogP contribution in [0.4, 0.5) is 5.69 Å². The zero-order valence-corrected chi connectivity index (χ0v) is 16.6. The number of anilines is 1. The molecule has 6 nitrogen and oxygen atoms in total. The van der Waals surface area contributed by atoms with Crippen LogP contribution in [-0.4, -0.2) is 54.9 Å². The number of thiazole rings is 1. The number of hydrogen-bond acceptors (Lipinski definition) is 4. The van der Waals surface area contributed by atoms with Gasteiger partial charge in [-0.25, -0.2) is 4.98 Å². The predicted molar refractivity (Wildman–Crippen MR) is 112 cm³/mol. The van der Waals surface area contributed by atoms with Crippen LogP contribution in [0.5, 0.6) is 0 Å². The summed E-state index contributed by atoms with van der Waals surface area (Å²) in [5, 5.41) is 3.95. The largest absolute Gasteiger partial charge is 0.334 e. The van der Waals surface area contributed by atoms with Crippen LogP contribution in [0.2, 0.25) is 0 Å². The van der Waals surface area contributed by atoms with Crippen LogP contribution in [0, 0.1) is 6.92 Å². The van der Waals surface area contributed by atoms with E-state index < -0.39 is 0 Å². The van der Waals surface area contributed by atoms with Gasteiger partial charge in [0.05, 0.1) is 36.4 Å². The zero-order chi connectivity index (χ0) is 19.5. The lowest BCUT2D eigenvalue weighted by Crippen LogP contribution is -3.15. The average Bonchev–Trinajstić information content (AvgIpc) is 3.12. The maximum Gasteiger partial charge on any atom is 0.279 e. The number of fused-ring (bicyclic) bond motifs is 1. The second-order valence-electron chi connectivity index (χ2n) is 7.18. The van der Waals surface area contributed by atoms with Crippen LogP contribution >= 0.6 is 11.3 Å². The molecule has 0 unspecified atom stereocenters. The van der Waals surface area contributed by atoms with Crippen molar-refractivity contribution in [1.82, 2.24) is 9.88 Å². The van der Waals surface area contributed by atoms with E-state index in [-0.39, 0.29) is 5.91 Å². The van der Waals surface area contributed by atoms with E-state index >= 15 is 0 Å². The molecule has 1 aromatic heterocycles. The van der Waals surface area contributed by atoms with Gasteiger partial charge < -0.3 is 15.1 Å². The maximum atomic E-state index is 12.3. The molecule has 2 N–H and O–H groups in total. The highest BCUT2D eigenvalue weighted by Gasteiger charge is 2.21. The smallest absolute Gasteiger partial charge is 0.279 e. The van der Waals surface area contributed by atoms with Crippen molar-refractivity contribution in [2.24, 2.45) is 0 Å². The van der Waals surface area contributed by atoms with E-state index in [1.807, 2.05) is 24.3 Å². The first-order chi connectivity index (χ1) is 13.6. The molecule has 2 aromatic carbocycles. The highest BCUT2D eigenvalue weighted by molar-refractivity contribution is 7.21. The monoisotopic (exact) mass is 395 g/mol. The van der Waals surface area contributed by atoms with Crippen molar-refractivity contribution in [3.05, 3.63) is 48.0 Å². The van der Waals surface area contributed by atoms with Gasteiger partial charge >= 0.3 is 0 Å². The van der Waals surface area contributed by atoms with Gasteiger partial charge in [0, 0.05) is 11.3 Å². The number of quaternary nitrogens is 1. The Morgan fingerprint density at radius 2 is 1.96 bits per heavy atom. The van der Waals surface area contributed by atoms with Gasteiger partial charge in [-0.05, 0) is 48.9 Å². The SMILES string of the molecule is Cc1ccc2nc(-c3ccc(NC(=O)C[NH+]4CCN(C=O)CC4)cc3)sc2c1. The molecule has 0 radical (unpaired) electrons. The summed E-state index contributed by atoms with van der Waals surface area (Å²) in [6.07, 6.45) is 0.880. The Balaban J connectivity index is 1.37. The number of piperazine rings is 1. The van der Waals surface area contributed by atoms with Gasteiger partial charge in [0.25, 0.3) is 5.91 Å². The minimum Gasteiger partial charge on any atom is -0.334 e. The Kier molecular flexibility index (Phi) is 5.36. The van der Waals surface area contributed by atoms with E-state index in [1.165, 1.54) is 15.2 Å². The van der Waals surface area contributed by atoms with Crippen LogP contribution < -0.4 is 10.2 Å². The normalized spacial score (nSPS) is 15.0. The fourth-order valence-electron chi connectivity index (χ4n) is 3.41. The van der Waals surface area contributed by atoms with Crippen LogP contribution in [0.15, 0.2) is 42.5 Å². The molecule has 0 spiro atoms. The Labute approximate surface area is 167 Å². The van der Waals surface area contributed by atoms with Crippen LogP contribution in [0.3, 0.4) is 0 Å². The topological polar surface area (TPSA) is 66.7 Å². The van der Waals surface area contributed by atoms with E-state index in [0.717, 1.165) is 41.3 Å². The quantitative estimate of drug-likeness (QED) is 0.645. The third kappa shape index (κ3) is 4.21. The molecule has 4 rings (SSSR count). The van der Waals surface area contributed by atoms with Gasteiger partial charge in [-0.3, -0.25) is 9.59 Å². The van der Waals surface area contributed by atoms with Gasteiger partial charge in [0.1, 0.15) is 5.01 Å². The fraction of sp³-hybridized carbons (Fsp3) is 0.286. The standard InChI is InChI=1S/C21H22N4O2S/c1-15-2-7-18-19(12-15)28-21(23-18)16-3-5-17(6-4-16)22-20(27)13-24-8-10-25(14-26)11-9-24/h2-7,12,14H,8-11,13H2,1H3,(H,22,27)/p+1. The van der Waals surface area contributed by atoms with Crippen molar-refractivity contribution in [2.45, 2.75) is 6.92 Å². The summed E-state index contributed by atoms with van der Waals surface area (Å²) in [7, 11) is 0. The molecule has 2 amide bonds. The molecule has 0 bridgehead atoms. The zero-order valence-electron chi connectivity index (χ0n) is 15.8. The number of rotatable bonds is 5. The molecular weight excluding hydrogens is 372 g/mol. The molecular formula is C21H23N4O2S+. The molecule has 144 valence electrons. The highest BCUT2D eigenvalue weighted by Crippen LogP contribution is 2.31. The second-order valence-corrected chi connectivity index (χ2v) is 8.21. The van der Waals surface area contributed by atoms with Crippen molar-refractivity contribution in [2.75, 3.05) is 38.0 Å². The van der Waals surface area contributed by atoms with E-state index in [0.29, 0.717) is 19.6 Å². The van der Waals surface area contributed by atoms with E-state index in [2.05, 4.69) is 30.4 Å². The number of benzene rings is 2. The molecule has 0 saturated carbocycles. The van der Waals surface area contributed by atoms with Crippen molar-refractivity contribution in [1.29, 1.82) is 0 Å². The Morgan fingerprint density at radius 1 is 1.21 bits per heavy atom. The summed E-state index contributed by atoms with van der Waals surface area (Å²) in [4.78, 5) is 30.7. The van der Waals surface area contributed by atoms with Crippen LogP contribution in [-0.2, 0) is 9.59 Å². The summed E-state index contributed by atoms with van der Waals surface area (Å²) >= 11 is 1.68. The minimum atomic E-state index is -0.00207. The van der Waals surface area contributed by atoms with Crippen molar-refractivity contribution in [3.8, 4) is 10.6 Å². The van der Waals surface area contributed by atoms with Crippen LogP contribution in [0.25, 0.3) is 20.8 Å². The number of aryl methyl sites for hydroxylation is 1. The number of nitrogens with zero attached hydrogens (tertiary/aromatic N) is 2. The third-order valence-corrected chi connectivity index (χ3v) is 6.09. The summed E-state index contributed by atoms with van der Waals surface area (Å²) in [5.74, 6) is -0.00207. The summed E-state index contributed by atoms with van der Waals surface area (Å²) < 4.78 is 1.19. The first-order valence-corrected chi connectivity index (χ1v) is 10.2. The average molecular weight is 396 g/mol. The summed E-state index contributed by atoms with van der Waals surface area (Å²) in [6.45, 7) is 5.54. The van der Waals surface area contributed by atoms with Crippen molar-refractivity contribution in [3.63, 3.8) is 0 Å². The first-order valence-electron chi connectivity index (χ1n) is 9.41. The number of aromatic nitrogens is 1. The van der Waals surface area contributed by atoms with Crippen molar-refractivity contribution < 1.29 is 14.5 Å². The van der Waals surface area contributed by atoms with E-state index in [9.17, 15) is 9.59 Å². The number of carbonyl (C=O) groups excluding carboxylic acids is 2.